The largest absolute Gasteiger partial charge is 0.192 e. The zero-order valence-electron chi connectivity index (χ0n) is 18.8. The molecule has 0 aliphatic heterocycles. The van der Waals surface area contributed by atoms with E-state index in [0.29, 0.717) is 11.1 Å². The molecule has 5 aromatic rings. The van der Waals surface area contributed by atoms with E-state index in [1.165, 1.54) is 44.4 Å². The number of hydrogen-bond donors (Lipinski definition) is 0. The summed E-state index contributed by atoms with van der Waals surface area (Å²) >= 11 is 8.17. The monoisotopic (exact) mass is 564 g/mol. The summed E-state index contributed by atoms with van der Waals surface area (Å²) in [6.45, 7) is 0. The summed E-state index contributed by atoms with van der Waals surface area (Å²) < 4.78 is 0. The van der Waals surface area contributed by atoms with Crippen LogP contribution in [-0.4, -0.2) is 0 Å². The summed E-state index contributed by atoms with van der Waals surface area (Å²) in [5.74, 6) is 0. The van der Waals surface area contributed by atoms with E-state index in [0.717, 1.165) is 20.2 Å². The minimum atomic E-state index is -0.0427. The van der Waals surface area contributed by atoms with Gasteiger partial charge in [-0.1, -0.05) is 6.07 Å². The molecule has 174 valence electrons. The van der Waals surface area contributed by atoms with Crippen molar-refractivity contribution in [3.8, 4) is 65.4 Å². The highest BCUT2D eigenvalue weighted by Crippen LogP contribution is 2.50. The second-order valence-electron chi connectivity index (χ2n) is 7.46. The van der Waals surface area contributed by atoms with Gasteiger partial charge < -0.3 is 0 Å². The van der Waals surface area contributed by atoms with Crippen LogP contribution in [0, 0.1) is 45.3 Å². The lowest BCUT2D eigenvalue weighted by Crippen LogP contribution is -1.84. The Morgan fingerprint density at radius 3 is 1.76 bits per heavy atom. The first kappa shape index (κ1) is 24.6. The van der Waals surface area contributed by atoms with Crippen LogP contribution in [0.3, 0.4) is 0 Å². The third-order valence-electron chi connectivity index (χ3n) is 5.41. The molecule has 0 spiro atoms. The Morgan fingerprint density at radius 2 is 1.14 bits per heavy atom. The van der Waals surface area contributed by atoms with Crippen molar-refractivity contribution >= 4 is 68.8 Å². The van der Waals surface area contributed by atoms with E-state index in [1.807, 2.05) is 35.0 Å². The van der Waals surface area contributed by atoms with Crippen molar-refractivity contribution in [3.63, 3.8) is 0 Å². The SMILES string of the molecule is N#CC(C#N)=Cc1csc(-c2sccc2-c2sccc2-c2sccc2-c2cccs2)c1C=C(C#N)C#N. The fraction of sp³-hybridized carbons (Fsp3) is 0. The zero-order valence-corrected chi connectivity index (χ0v) is 22.8. The van der Waals surface area contributed by atoms with Crippen molar-refractivity contribution in [2.24, 2.45) is 0 Å². The first-order valence-electron chi connectivity index (χ1n) is 10.6. The molecule has 0 atom stereocenters. The van der Waals surface area contributed by atoms with Crippen molar-refractivity contribution < 1.29 is 0 Å². The van der Waals surface area contributed by atoms with Gasteiger partial charge >= 0.3 is 0 Å². The van der Waals surface area contributed by atoms with Crippen LogP contribution in [0.25, 0.3) is 53.2 Å². The lowest BCUT2D eigenvalue weighted by atomic mass is 10.0. The number of rotatable bonds is 6. The Bertz CT molecular complexity index is 1790. The molecule has 0 saturated carbocycles. The first-order valence-corrected chi connectivity index (χ1v) is 15.0. The molecule has 0 saturated heterocycles. The molecule has 5 rings (SSSR count). The van der Waals surface area contributed by atoms with Gasteiger partial charge in [0.2, 0.25) is 0 Å². The van der Waals surface area contributed by atoms with E-state index in [2.05, 4.69) is 46.5 Å². The quantitative estimate of drug-likeness (QED) is 0.192. The highest BCUT2D eigenvalue weighted by atomic mass is 32.1. The lowest BCUT2D eigenvalue weighted by Gasteiger charge is -2.07. The second-order valence-corrected chi connectivity index (χ2v) is 12.0. The summed E-state index contributed by atoms with van der Waals surface area (Å²) in [6.07, 6.45) is 3.04. The van der Waals surface area contributed by atoms with E-state index in [4.69, 9.17) is 0 Å². The van der Waals surface area contributed by atoms with Crippen LogP contribution in [0.5, 0.6) is 0 Å². The molecule has 5 heterocycles. The molecular formula is C28H12N4S5. The molecule has 9 heteroatoms. The standard InChI is InChI=1S/C28H12N4S5/c29-12-17(13-30)10-19-16-37-28(23(19)11-18(14-31)15-32)27-22(5-9-36-27)26-21(4-8-35-26)25-20(3-7-34-25)24-2-1-6-33-24/h1-11,16H. The Kier molecular flexibility index (Phi) is 7.26. The smallest absolute Gasteiger partial charge is 0.130 e. The van der Waals surface area contributed by atoms with Gasteiger partial charge in [-0.25, -0.2) is 0 Å². The number of nitrogens with zero attached hydrogens (tertiary/aromatic N) is 4. The summed E-state index contributed by atoms with van der Waals surface area (Å²) in [5, 5.41) is 47.6. The predicted octanol–water partition coefficient (Wildman–Crippen LogP) is 9.52. The molecule has 0 aliphatic carbocycles. The van der Waals surface area contributed by atoms with Crippen molar-refractivity contribution in [2.45, 2.75) is 0 Å². The maximum Gasteiger partial charge on any atom is 0.130 e. The fourth-order valence-corrected chi connectivity index (χ4v) is 8.73. The third-order valence-corrected chi connectivity index (χ3v) is 10.3. The van der Waals surface area contributed by atoms with Crippen LogP contribution in [0.1, 0.15) is 11.1 Å². The maximum absolute atomic E-state index is 9.41. The third kappa shape index (κ3) is 4.71. The molecular weight excluding hydrogens is 553 g/mol. The molecule has 0 radical (unpaired) electrons. The summed E-state index contributed by atoms with van der Waals surface area (Å²) in [7, 11) is 0. The molecule has 4 nitrogen and oxygen atoms in total. The van der Waals surface area contributed by atoms with Gasteiger partial charge in [0.25, 0.3) is 0 Å². The van der Waals surface area contributed by atoms with E-state index in [9.17, 15) is 21.0 Å². The van der Waals surface area contributed by atoms with Crippen molar-refractivity contribution in [1.82, 2.24) is 0 Å². The summed E-state index contributed by atoms with van der Waals surface area (Å²) in [6, 6.07) is 18.2. The van der Waals surface area contributed by atoms with Gasteiger partial charge in [0.05, 0.1) is 9.75 Å². The van der Waals surface area contributed by atoms with E-state index in [-0.39, 0.29) is 11.1 Å². The van der Waals surface area contributed by atoms with Crippen LogP contribution in [-0.2, 0) is 0 Å². The molecule has 0 amide bonds. The molecule has 0 fully saturated rings. The van der Waals surface area contributed by atoms with Gasteiger partial charge in [0.15, 0.2) is 0 Å². The molecule has 5 aromatic heterocycles. The maximum atomic E-state index is 9.41. The van der Waals surface area contributed by atoms with Gasteiger partial charge in [-0.3, -0.25) is 0 Å². The van der Waals surface area contributed by atoms with E-state index in [1.54, 1.807) is 45.3 Å². The van der Waals surface area contributed by atoms with E-state index < -0.39 is 0 Å². The van der Waals surface area contributed by atoms with Crippen LogP contribution >= 0.6 is 56.7 Å². The van der Waals surface area contributed by atoms with Crippen LogP contribution in [0.4, 0.5) is 0 Å². The Hall–Kier alpha value is -4.06. The average Bonchev–Trinajstić information content (AvgIpc) is 3.73. The zero-order chi connectivity index (χ0) is 25.8. The van der Waals surface area contributed by atoms with Gasteiger partial charge in [0, 0.05) is 36.9 Å². The second kappa shape index (κ2) is 10.9. The minimum Gasteiger partial charge on any atom is -0.192 e. The fourth-order valence-electron chi connectivity index (χ4n) is 3.80. The van der Waals surface area contributed by atoms with Crippen LogP contribution in [0.2, 0.25) is 0 Å². The Labute approximate surface area is 233 Å². The van der Waals surface area contributed by atoms with Crippen LogP contribution < -0.4 is 0 Å². The predicted molar refractivity (Wildman–Crippen MR) is 156 cm³/mol. The molecule has 0 N–H and O–H groups in total. The summed E-state index contributed by atoms with van der Waals surface area (Å²) in [5.41, 5.74) is 4.66. The first-order chi connectivity index (χ1) is 18.2. The highest BCUT2D eigenvalue weighted by Gasteiger charge is 2.22. The lowest BCUT2D eigenvalue weighted by molar-refractivity contribution is 1.47. The van der Waals surface area contributed by atoms with E-state index >= 15 is 0 Å². The number of nitriles is 4. The normalized spacial score (nSPS) is 10.1. The molecule has 0 bridgehead atoms. The average molecular weight is 565 g/mol. The Morgan fingerprint density at radius 1 is 0.568 bits per heavy atom. The van der Waals surface area contributed by atoms with Gasteiger partial charge in [-0.05, 0) is 68.9 Å². The molecule has 37 heavy (non-hydrogen) atoms. The van der Waals surface area contributed by atoms with Gasteiger partial charge in [0.1, 0.15) is 35.4 Å². The number of thiophene rings is 5. The van der Waals surface area contributed by atoms with Gasteiger partial charge in [-0.2, -0.15) is 21.0 Å². The number of allylic oxidation sites excluding steroid dienone is 2. The van der Waals surface area contributed by atoms with Crippen molar-refractivity contribution in [3.05, 3.63) is 79.5 Å². The number of hydrogen-bond acceptors (Lipinski definition) is 9. The molecule has 0 unspecified atom stereocenters. The minimum absolute atomic E-state index is 0.0415. The molecule has 0 aromatic carbocycles. The Balaban J connectivity index is 1.68. The highest BCUT2D eigenvalue weighted by molar-refractivity contribution is 7.22. The molecule has 0 aliphatic rings. The van der Waals surface area contributed by atoms with Crippen molar-refractivity contribution in [2.75, 3.05) is 0 Å². The van der Waals surface area contributed by atoms with Crippen LogP contribution in [0.15, 0.2) is 68.4 Å². The van der Waals surface area contributed by atoms with Gasteiger partial charge in [-0.15, -0.1) is 56.7 Å². The topological polar surface area (TPSA) is 95.2 Å². The van der Waals surface area contributed by atoms with Crippen molar-refractivity contribution in [1.29, 1.82) is 21.0 Å². The summed E-state index contributed by atoms with van der Waals surface area (Å²) in [4.78, 5) is 5.49.